The molecule has 2 aromatic rings. The van der Waals surface area contributed by atoms with E-state index in [1.807, 2.05) is 12.1 Å². The van der Waals surface area contributed by atoms with Crippen molar-refractivity contribution in [3.8, 4) is 5.75 Å². The first-order valence-electron chi connectivity index (χ1n) is 5.55. The molecule has 1 heterocycles. The summed E-state index contributed by atoms with van der Waals surface area (Å²) in [5.41, 5.74) is 7.56. The summed E-state index contributed by atoms with van der Waals surface area (Å²) in [4.78, 5) is 8.33. The second-order valence-corrected chi connectivity index (χ2v) is 4.21. The molecule has 1 aromatic carbocycles. The Balaban J connectivity index is 2.39. The van der Waals surface area contributed by atoms with Gasteiger partial charge in [0.2, 0.25) is 0 Å². The number of benzene rings is 1. The van der Waals surface area contributed by atoms with E-state index < -0.39 is 0 Å². The molecule has 1 aromatic heterocycles. The molecule has 0 aliphatic rings. The van der Waals surface area contributed by atoms with Gasteiger partial charge in [0.15, 0.2) is 0 Å². The number of ether oxygens (including phenoxy) is 1. The van der Waals surface area contributed by atoms with Crippen molar-refractivity contribution in [2.45, 2.75) is 5.92 Å². The SMILES string of the molecule is COc1ccc(C(CN)c2cnccn2)c(Cl)c1. The maximum atomic E-state index is 6.25. The van der Waals surface area contributed by atoms with Crippen molar-refractivity contribution in [1.29, 1.82) is 0 Å². The topological polar surface area (TPSA) is 61.0 Å². The van der Waals surface area contributed by atoms with Gasteiger partial charge in [0.25, 0.3) is 0 Å². The zero-order valence-corrected chi connectivity index (χ0v) is 10.8. The first-order chi connectivity index (χ1) is 8.76. The normalized spacial score (nSPS) is 12.2. The summed E-state index contributed by atoms with van der Waals surface area (Å²) in [6.07, 6.45) is 4.99. The lowest BCUT2D eigenvalue weighted by molar-refractivity contribution is 0.414. The number of methoxy groups -OCH3 is 1. The predicted molar refractivity (Wildman–Crippen MR) is 70.9 cm³/mol. The Kier molecular flexibility index (Phi) is 4.12. The zero-order chi connectivity index (χ0) is 13.0. The van der Waals surface area contributed by atoms with Crippen LogP contribution in [0.25, 0.3) is 0 Å². The monoisotopic (exact) mass is 263 g/mol. The van der Waals surface area contributed by atoms with E-state index in [-0.39, 0.29) is 5.92 Å². The van der Waals surface area contributed by atoms with E-state index in [0.29, 0.717) is 11.6 Å². The van der Waals surface area contributed by atoms with Gasteiger partial charge in [0.05, 0.1) is 12.8 Å². The molecule has 0 aliphatic carbocycles. The van der Waals surface area contributed by atoms with Crippen molar-refractivity contribution in [2.75, 3.05) is 13.7 Å². The molecule has 0 spiro atoms. The molecule has 1 atom stereocenters. The van der Waals surface area contributed by atoms with E-state index >= 15 is 0 Å². The standard InChI is InChI=1S/C13H14ClN3O/c1-18-9-2-3-10(12(14)6-9)11(7-15)13-8-16-4-5-17-13/h2-6,8,11H,7,15H2,1H3. The second-order valence-electron chi connectivity index (χ2n) is 3.81. The van der Waals surface area contributed by atoms with Crippen molar-refractivity contribution in [2.24, 2.45) is 5.73 Å². The van der Waals surface area contributed by atoms with Crippen LogP contribution in [0.5, 0.6) is 5.75 Å². The highest BCUT2D eigenvalue weighted by molar-refractivity contribution is 6.31. The van der Waals surface area contributed by atoms with Gasteiger partial charge in [0.1, 0.15) is 5.75 Å². The van der Waals surface area contributed by atoms with Gasteiger partial charge in [-0.05, 0) is 17.7 Å². The Morgan fingerprint density at radius 1 is 1.39 bits per heavy atom. The Bertz CT molecular complexity index is 519. The summed E-state index contributed by atoms with van der Waals surface area (Å²) < 4.78 is 5.13. The quantitative estimate of drug-likeness (QED) is 0.919. The molecule has 0 saturated heterocycles. The fraction of sp³-hybridized carbons (Fsp3) is 0.231. The second kappa shape index (κ2) is 5.80. The summed E-state index contributed by atoms with van der Waals surface area (Å²) >= 11 is 6.25. The predicted octanol–water partition coefficient (Wildman–Crippen LogP) is 2.23. The molecule has 0 aliphatic heterocycles. The van der Waals surface area contributed by atoms with Crippen LogP contribution in [-0.2, 0) is 0 Å². The fourth-order valence-corrected chi connectivity index (χ4v) is 2.12. The molecule has 0 bridgehead atoms. The van der Waals surface area contributed by atoms with E-state index in [1.165, 1.54) is 0 Å². The highest BCUT2D eigenvalue weighted by Crippen LogP contribution is 2.31. The highest BCUT2D eigenvalue weighted by atomic mass is 35.5. The van der Waals surface area contributed by atoms with Crippen molar-refractivity contribution in [3.63, 3.8) is 0 Å². The van der Waals surface area contributed by atoms with E-state index in [9.17, 15) is 0 Å². The molecule has 94 valence electrons. The summed E-state index contributed by atoms with van der Waals surface area (Å²) in [5.74, 6) is 0.663. The van der Waals surface area contributed by atoms with Crippen molar-refractivity contribution >= 4 is 11.6 Å². The fourth-order valence-electron chi connectivity index (χ4n) is 1.82. The molecule has 0 amide bonds. The Hall–Kier alpha value is -1.65. The summed E-state index contributed by atoms with van der Waals surface area (Å²) in [7, 11) is 1.61. The zero-order valence-electron chi connectivity index (χ0n) is 10.0. The molecule has 0 fully saturated rings. The molecule has 4 nitrogen and oxygen atoms in total. The number of rotatable bonds is 4. The molecule has 5 heteroatoms. The largest absolute Gasteiger partial charge is 0.497 e. The highest BCUT2D eigenvalue weighted by Gasteiger charge is 2.17. The van der Waals surface area contributed by atoms with Crippen molar-refractivity contribution in [1.82, 2.24) is 9.97 Å². The lowest BCUT2D eigenvalue weighted by atomic mass is 9.96. The van der Waals surface area contributed by atoms with Gasteiger partial charge in [-0.25, -0.2) is 0 Å². The third kappa shape index (κ3) is 2.60. The van der Waals surface area contributed by atoms with E-state index in [2.05, 4.69) is 9.97 Å². The van der Waals surface area contributed by atoms with Gasteiger partial charge in [-0.3, -0.25) is 9.97 Å². The molecule has 0 radical (unpaired) electrons. The molecule has 0 saturated carbocycles. The van der Waals surface area contributed by atoms with Gasteiger partial charge in [-0.2, -0.15) is 0 Å². The summed E-state index contributed by atoms with van der Waals surface area (Å²) in [5, 5.41) is 0.621. The van der Waals surface area contributed by atoms with Gasteiger partial charge in [-0.15, -0.1) is 0 Å². The maximum Gasteiger partial charge on any atom is 0.120 e. The average Bonchev–Trinajstić information content (AvgIpc) is 2.42. The van der Waals surface area contributed by atoms with Gasteiger partial charge < -0.3 is 10.5 Å². The minimum absolute atomic E-state index is 0.0582. The number of hydrogen-bond acceptors (Lipinski definition) is 4. The van der Waals surface area contributed by atoms with Crippen molar-refractivity contribution in [3.05, 3.63) is 53.1 Å². The Morgan fingerprint density at radius 2 is 2.22 bits per heavy atom. The van der Waals surface area contributed by atoms with E-state index in [1.54, 1.807) is 31.8 Å². The van der Waals surface area contributed by atoms with Crippen LogP contribution >= 0.6 is 11.6 Å². The Morgan fingerprint density at radius 3 is 2.78 bits per heavy atom. The van der Waals surface area contributed by atoms with Crippen LogP contribution in [0.2, 0.25) is 5.02 Å². The first-order valence-corrected chi connectivity index (χ1v) is 5.93. The lowest BCUT2D eigenvalue weighted by Crippen LogP contribution is -2.15. The van der Waals surface area contributed by atoms with Crippen LogP contribution in [0, 0.1) is 0 Å². The van der Waals surface area contributed by atoms with Crippen LogP contribution in [0.4, 0.5) is 0 Å². The number of halogens is 1. The van der Waals surface area contributed by atoms with Crippen LogP contribution < -0.4 is 10.5 Å². The molecular weight excluding hydrogens is 250 g/mol. The number of aromatic nitrogens is 2. The molecular formula is C13H14ClN3O. The summed E-state index contributed by atoms with van der Waals surface area (Å²) in [6.45, 7) is 0.421. The molecule has 18 heavy (non-hydrogen) atoms. The third-order valence-electron chi connectivity index (χ3n) is 2.76. The number of nitrogens with zero attached hydrogens (tertiary/aromatic N) is 2. The first kappa shape index (κ1) is 12.8. The molecule has 2 N–H and O–H groups in total. The van der Waals surface area contributed by atoms with Gasteiger partial charge in [-0.1, -0.05) is 17.7 Å². The minimum atomic E-state index is -0.0582. The number of nitrogens with two attached hydrogens (primary N) is 1. The third-order valence-corrected chi connectivity index (χ3v) is 3.09. The maximum absolute atomic E-state index is 6.25. The average molecular weight is 264 g/mol. The number of hydrogen-bond donors (Lipinski definition) is 1. The summed E-state index contributed by atoms with van der Waals surface area (Å²) in [6, 6.07) is 5.55. The molecule has 2 rings (SSSR count). The van der Waals surface area contributed by atoms with E-state index in [0.717, 1.165) is 17.0 Å². The minimum Gasteiger partial charge on any atom is -0.497 e. The van der Waals surface area contributed by atoms with Crippen LogP contribution in [-0.4, -0.2) is 23.6 Å². The van der Waals surface area contributed by atoms with Gasteiger partial charge >= 0.3 is 0 Å². The van der Waals surface area contributed by atoms with Crippen LogP contribution in [0.15, 0.2) is 36.8 Å². The van der Waals surface area contributed by atoms with Crippen molar-refractivity contribution < 1.29 is 4.74 Å². The molecule has 1 unspecified atom stereocenters. The lowest BCUT2D eigenvalue weighted by Gasteiger charge is -2.16. The van der Waals surface area contributed by atoms with Crippen LogP contribution in [0.1, 0.15) is 17.2 Å². The van der Waals surface area contributed by atoms with E-state index in [4.69, 9.17) is 22.1 Å². The van der Waals surface area contributed by atoms with Gasteiger partial charge in [0, 0.05) is 36.1 Å². The smallest absolute Gasteiger partial charge is 0.120 e. The van der Waals surface area contributed by atoms with Crippen LogP contribution in [0.3, 0.4) is 0 Å². The Labute approximate surface area is 111 Å².